The molecule has 2 aromatic rings. The van der Waals surface area contributed by atoms with E-state index < -0.39 is 17.5 Å². The summed E-state index contributed by atoms with van der Waals surface area (Å²) in [5, 5.41) is 9.26. The number of carbonyl (C=O) groups is 2. The van der Waals surface area contributed by atoms with Gasteiger partial charge in [-0.2, -0.15) is 0 Å². The Morgan fingerprint density at radius 2 is 1.78 bits per heavy atom. The molecule has 2 amide bonds. The van der Waals surface area contributed by atoms with Gasteiger partial charge >= 0.3 is 6.09 Å². The molecule has 23 heavy (non-hydrogen) atoms. The van der Waals surface area contributed by atoms with Crippen LogP contribution < -0.4 is 5.43 Å². The van der Waals surface area contributed by atoms with Crippen molar-refractivity contribution in [1.82, 2.24) is 9.58 Å². The monoisotopic (exact) mass is 315 g/mol. The van der Waals surface area contributed by atoms with Crippen molar-refractivity contribution in [3.05, 3.63) is 48.7 Å². The van der Waals surface area contributed by atoms with Crippen molar-refractivity contribution >= 4 is 12.0 Å². The van der Waals surface area contributed by atoms with E-state index in [9.17, 15) is 14.7 Å². The number of nitrogens with zero attached hydrogens (tertiary/aromatic N) is 2. The number of hydrogen-bond acceptors (Lipinski definition) is 2. The average Bonchev–Trinajstić information content (AvgIpc) is 2.92. The van der Waals surface area contributed by atoms with Crippen LogP contribution in [0.15, 0.2) is 48.7 Å². The van der Waals surface area contributed by atoms with E-state index in [1.54, 1.807) is 31.6 Å². The quantitative estimate of drug-likeness (QED) is 0.911. The van der Waals surface area contributed by atoms with Gasteiger partial charge < -0.3 is 5.11 Å². The van der Waals surface area contributed by atoms with E-state index in [2.05, 4.69) is 5.43 Å². The van der Waals surface area contributed by atoms with Crippen LogP contribution in [0.25, 0.3) is 11.3 Å². The number of rotatable bonds is 4. The molecule has 0 fully saturated rings. The normalized spacial score (nSPS) is 11.1. The van der Waals surface area contributed by atoms with Crippen molar-refractivity contribution in [2.45, 2.75) is 26.3 Å². The summed E-state index contributed by atoms with van der Waals surface area (Å²) in [7, 11) is 0. The molecule has 122 valence electrons. The summed E-state index contributed by atoms with van der Waals surface area (Å²) in [4.78, 5) is 24.6. The third-order valence-corrected chi connectivity index (χ3v) is 3.41. The summed E-state index contributed by atoms with van der Waals surface area (Å²) >= 11 is 0. The molecule has 2 N–H and O–H groups in total. The molecule has 0 radical (unpaired) electrons. The second-order valence-corrected chi connectivity index (χ2v) is 6.20. The van der Waals surface area contributed by atoms with E-state index in [1.165, 1.54) is 0 Å². The zero-order chi connectivity index (χ0) is 17.0. The minimum atomic E-state index is -1.12. The van der Waals surface area contributed by atoms with Gasteiger partial charge in [-0.15, -0.1) is 0 Å². The molecule has 0 aliphatic rings. The Morgan fingerprint density at radius 3 is 2.35 bits per heavy atom. The highest BCUT2D eigenvalue weighted by Gasteiger charge is 2.28. The maximum atomic E-state index is 12.2. The molecule has 0 spiro atoms. The Morgan fingerprint density at radius 1 is 1.13 bits per heavy atom. The van der Waals surface area contributed by atoms with Gasteiger partial charge in [0.15, 0.2) is 0 Å². The largest absolute Gasteiger partial charge is 0.465 e. The van der Waals surface area contributed by atoms with Crippen LogP contribution in [0.4, 0.5) is 4.79 Å². The molecule has 1 heterocycles. The van der Waals surface area contributed by atoms with Gasteiger partial charge in [-0.3, -0.25) is 19.8 Å². The molecule has 0 unspecified atom stereocenters. The Kier molecular flexibility index (Phi) is 4.74. The number of carboxylic acid groups (broad SMARTS) is 1. The first-order valence-corrected chi connectivity index (χ1v) is 7.32. The Balaban J connectivity index is 2.13. The standard InChI is InChI=1S/C17H21N3O3/c1-17(2,3)19(16(22)23)12-15(21)18-20-11-7-10-14(20)13-8-5-4-6-9-13/h4-11H,12H2,1-3H3,(H,18,21)(H,22,23). The summed E-state index contributed by atoms with van der Waals surface area (Å²) in [5.41, 5.74) is 3.86. The number of nitrogens with one attached hydrogen (secondary N) is 1. The number of hydrogen-bond donors (Lipinski definition) is 2. The van der Waals surface area contributed by atoms with E-state index in [0.29, 0.717) is 0 Å². The van der Waals surface area contributed by atoms with Crippen LogP contribution in [-0.2, 0) is 4.79 Å². The minimum absolute atomic E-state index is 0.231. The lowest BCUT2D eigenvalue weighted by molar-refractivity contribution is -0.118. The smallest absolute Gasteiger partial charge is 0.408 e. The van der Waals surface area contributed by atoms with Crippen LogP contribution in [0.1, 0.15) is 20.8 Å². The SMILES string of the molecule is CC(C)(C)N(CC(=O)Nn1cccc1-c1ccccc1)C(=O)O. The second kappa shape index (κ2) is 6.56. The molecule has 6 nitrogen and oxygen atoms in total. The van der Waals surface area contributed by atoms with Gasteiger partial charge in [0.25, 0.3) is 5.91 Å². The lowest BCUT2D eigenvalue weighted by Gasteiger charge is -2.32. The van der Waals surface area contributed by atoms with Crippen molar-refractivity contribution in [2.24, 2.45) is 0 Å². The third-order valence-electron chi connectivity index (χ3n) is 3.41. The molecular weight excluding hydrogens is 294 g/mol. The van der Waals surface area contributed by atoms with Crippen molar-refractivity contribution in [3.8, 4) is 11.3 Å². The van der Waals surface area contributed by atoms with Crippen molar-refractivity contribution in [1.29, 1.82) is 0 Å². The second-order valence-electron chi connectivity index (χ2n) is 6.20. The fourth-order valence-corrected chi connectivity index (χ4v) is 2.23. The number of benzene rings is 1. The topological polar surface area (TPSA) is 74.6 Å². The van der Waals surface area contributed by atoms with E-state index in [-0.39, 0.29) is 6.54 Å². The first-order valence-electron chi connectivity index (χ1n) is 7.32. The Labute approximate surface area is 135 Å². The Hall–Kier alpha value is -2.76. The molecule has 0 bridgehead atoms. The van der Waals surface area contributed by atoms with Crippen molar-refractivity contribution in [3.63, 3.8) is 0 Å². The van der Waals surface area contributed by atoms with E-state index in [0.717, 1.165) is 16.2 Å². The molecule has 0 aliphatic carbocycles. The van der Waals surface area contributed by atoms with Crippen molar-refractivity contribution < 1.29 is 14.7 Å². The third kappa shape index (κ3) is 4.12. The van der Waals surface area contributed by atoms with Crippen LogP contribution in [-0.4, -0.2) is 38.8 Å². The fraction of sp³-hybridized carbons (Fsp3) is 0.294. The van der Waals surface area contributed by atoms with E-state index >= 15 is 0 Å². The Bertz CT molecular complexity index is 687. The van der Waals surface area contributed by atoms with Crippen LogP contribution in [0.2, 0.25) is 0 Å². The maximum Gasteiger partial charge on any atom is 0.408 e. The summed E-state index contributed by atoms with van der Waals surface area (Å²) in [5.74, 6) is -0.393. The van der Waals surface area contributed by atoms with Gasteiger partial charge in [-0.05, 0) is 32.9 Å². The van der Waals surface area contributed by atoms with Gasteiger partial charge in [0.05, 0.1) is 5.69 Å². The lowest BCUT2D eigenvalue weighted by atomic mass is 10.1. The first-order chi connectivity index (χ1) is 10.8. The molecule has 0 saturated carbocycles. The zero-order valence-corrected chi connectivity index (χ0v) is 13.5. The van der Waals surface area contributed by atoms with Gasteiger partial charge in [0.2, 0.25) is 0 Å². The fourth-order valence-electron chi connectivity index (χ4n) is 2.23. The predicted octanol–water partition coefficient (Wildman–Crippen LogP) is 3.00. The highest BCUT2D eigenvalue weighted by atomic mass is 16.4. The summed E-state index contributed by atoms with van der Waals surface area (Å²) < 4.78 is 1.60. The van der Waals surface area contributed by atoms with Gasteiger partial charge in [-0.1, -0.05) is 30.3 Å². The van der Waals surface area contributed by atoms with Gasteiger partial charge in [0, 0.05) is 17.3 Å². The zero-order valence-electron chi connectivity index (χ0n) is 13.5. The van der Waals surface area contributed by atoms with Gasteiger partial charge in [0.1, 0.15) is 6.54 Å². The average molecular weight is 315 g/mol. The maximum absolute atomic E-state index is 12.2. The van der Waals surface area contributed by atoms with Crippen molar-refractivity contribution in [2.75, 3.05) is 12.0 Å². The summed E-state index contributed by atoms with van der Waals surface area (Å²) in [6.45, 7) is 5.02. The molecular formula is C17H21N3O3. The molecule has 0 aliphatic heterocycles. The molecule has 0 saturated heterocycles. The summed E-state index contributed by atoms with van der Waals surface area (Å²) in [6, 6.07) is 13.3. The molecule has 2 rings (SSSR count). The van der Waals surface area contributed by atoms with E-state index in [1.807, 2.05) is 42.5 Å². The van der Waals surface area contributed by atoms with Crippen LogP contribution in [0.3, 0.4) is 0 Å². The van der Waals surface area contributed by atoms with Crippen LogP contribution in [0, 0.1) is 0 Å². The van der Waals surface area contributed by atoms with Crippen LogP contribution in [0.5, 0.6) is 0 Å². The van der Waals surface area contributed by atoms with E-state index in [4.69, 9.17) is 0 Å². The number of aromatic nitrogens is 1. The molecule has 0 atom stereocenters. The highest BCUT2D eigenvalue weighted by molar-refractivity contribution is 5.88. The lowest BCUT2D eigenvalue weighted by Crippen LogP contribution is -2.49. The number of amides is 2. The number of carbonyl (C=O) groups excluding carboxylic acids is 1. The molecule has 1 aromatic heterocycles. The summed E-state index contributed by atoms with van der Waals surface area (Å²) in [6.07, 6.45) is 0.603. The molecule has 1 aromatic carbocycles. The minimum Gasteiger partial charge on any atom is -0.465 e. The molecule has 6 heteroatoms. The first kappa shape index (κ1) is 16.6. The highest BCUT2D eigenvalue weighted by Crippen LogP contribution is 2.18. The predicted molar refractivity (Wildman–Crippen MR) is 88.7 cm³/mol. The van der Waals surface area contributed by atoms with Crippen LogP contribution >= 0.6 is 0 Å². The van der Waals surface area contributed by atoms with Gasteiger partial charge in [-0.25, -0.2) is 4.79 Å².